The maximum absolute atomic E-state index is 12.7. The van der Waals surface area contributed by atoms with E-state index in [1.165, 1.54) is 0 Å². The second-order valence-electron chi connectivity index (χ2n) is 6.40. The first-order valence-corrected chi connectivity index (χ1v) is 8.49. The van der Waals surface area contributed by atoms with E-state index in [1.54, 1.807) is 6.20 Å². The number of likely N-dealkylation sites (tertiary alicyclic amines) is 1. The molecule has 124 valence electrons. The Morgan fingerprint density at radius 3 is 2.75 bits per heavy atom. The predicted molar refractivity (Wildman–Crippen MR) is 92.0 cm³/mol. The molecule has 1 aromatic carbocycles. The molecule has 1 N–H and O–H groups in total. The van der Waals surface area contributed by atoms with Crippen LogP contribution < -0.4 is 10.1 Å². The summed E-state index contributed by atoms with van der Waals surface area (Å²) in [5.41, 5.74) is 2.17. The summed E-state index contributed by atoms with van der Waals surface area (Å²) in [5, 5.41) is 3.49. The van der Waals surface area contributed by atoms with Gasteiger partial charge in [0.25, 0.3) is 5.91 Å². The molecule has 1 atom stereocenters. The molecule has 1 fully saturated rings. The number of ether oxygens (including phenoxy) is 1. The molecule has 0 spiro atoms. The molecule has 5 nitrogen and oxygen atoms in total. The topological polar surface area (TPSA) is 54.5 Å². The molecule has 0 unspecified atom stereocenters. The molecule has 2 aliphatic heterocycles. The number of piperidine rings is 1. The minimum Gasteiger partial charge on any atom is -0.480 e. The number of nitrogens with one attached hydrogen (secondary N) is 1. The third-order valence-electron chi connectivity index (χ3n) is 4.76. The highest BCUT2D eigenvalue weighted by molar-refractivity contribution is 5.82. The van der Waals surface area contributed by atoms with Gasteiger partial charge >= 0.3 is 0 Å². The van der Waals surface area contributed by atoms with Crippen LogP contribution in [0.4, 0.5) is 5.69 Å². The fraction of sp³-hybridized carbons (Fsp3) is 0.368. The Balaban J connectivity index is 1.31. The largest absolute Gasteiger partial charge is 0.480 e. The lowest BCUT2D eigenvalue weighted by molar-refractivity contribution is -0.138. The Bertz CT molecular complexity index is 687. The van der Waals surface area contributed by atoms with Gasteiger partial charge in [-0.05, 0) is 36.6 Å². The number of nitrogens with zero attached hydrogens (tertiary/aromatic N) is 2. The van der Waals surface area contributed by atoms with Crippen LogP contribution in [-0.2, 0) is 11.2 Å². The van der Waals surface area contributed by atoms with Crippen molar-refractivity contribution in [2.24, 2.45) is 0 Å². The zero-order chi connectivity index (χ0) is 16.4. The fourth-order valence-corrected chi connectivity index (χ4v) is 3.45. The molecule has 0 saturated carbocycles. The maximum atomic E-state index is 12.7. The van der Waals surface area contributed by atoms with Crippen molar-refractivity contribution >= 4 is 11.6 Å². The highest BCUT2D eigenvalue weighted by Gasteiger charge is 2.33. The van der Waals surface area contributed by atoms with E-state index in [9.17, 15) is 4.79 Å². The van der Waals surface area contributed by atoms with Gasteiger partial charge in [-0.2, -0.15) is 0 Å². The summed E-state index contributed by atoms with van der Waals surface area (Å²) in [5.74, 6) is 0.968. The summed E-state index contributed by atoms with van der Waals surface area (Å²) >= 11 is 0. The number of benzene rings is 1. The van der Waals surface area contributed by atoms with Gasteiger partial charge < -0.3 is 15.0 Å². The molecule has 24 heavy (non-hydrogen) atoms. The highest BCUT2D eigenvalue weighted by Crippen LogP contribution is 2.29. The van der Waals surface area contributed by atoms with Crippen LogP contribution >= 0.6 is 0 Å². The maximum Gasteiger partial charge on any atom is 0.263 e. The Kier molecular flexibility index (Phi) is 4.07. The number of pyridine rings is 1. The van der Waals surface area contributed by atoms with Crippen LogP contribution in [0.3, 0.4) is 0 Å². The lowest BCUT2D eigenvalue weighted by Crippen LogP contribution is -2.47. The average molecular weight is 323 g/mol. The second kappa shape index (κ2) is 6.51. The predicted octanol–water partition coefficient (Wildman–Crippen LogP) is 2.49. The number of aromatic nitrogens is 1. The standard InChI is InChI=1S/C19H21N3O2/c23-19(18-12-14-4-1-2-6-17(14)24-18)22-10-7-15(8-11-22)21-16-5-3-9-20-13-16/h1-6,9,13,15,18,21H,7-8,10-12H2/t18-/m1/s1. The van der Waals surface area contributed by atoms with E-state index in [0.717, 1.165) is 42.9 Å². The number of anilines is 1. The van der Waals surface area contributed by atoms with Crippen molar-refractivity contribution in [2.75, 3.05) is 18.4 Å². The quantitative estimate of drug-likeness (QED) is 0.943. The molecule has 0 bridgehead atoms. The van der Waals surface area contributed by atoms with Crippen LogP contribution in [0.5, 0.6) is 5.75 Å². The van der Waals surface area contributed by atoms with Crippen LogP contribution in [0.1, 0.15) is 18.4 Å². The van der Waals surface area contributed by atoms with E-state index in [4.69, 9.17) is 4.74 Å². The van der Waals surface area contributed by atoms with Crippen molar-refractivity contribution < 1.29 is 9.53 Å². The molecule has 1 aromatic heterocycles. The van der Waals surface area contributed by atoms with Crippen LogP contribution in [0.25, 0.3) is 0 Å². The van der Waals surface area contributed by atoms with Gasteiger partial charge in [0, 0.05) is 37.9 Å². The summed E-state index contributed by atoms with van der Waals surface area (Å²) < 4.78 is 5.83. The van der Waals surface area contributed by atoms with Crippen molar-refractivity contribution in [2.45, 2.75) is 31.4 Å². The van der Waals surface area contributed by atoms with Crippen LogP contribution in [0, 0.1) is 0 Å². The summed E-state index contributed by atoms with van der Waals surface area (Å²) in [6.07, 6.45) is 5.82. The van der Waals surface area contributed by atoms with Gasteiger partial charge in [0.15, 0.2) is 6.10 Å². The number of carbonyl (C=O) groups excluding carboxylic acids is 1. The van der Waals surface area contributed by atoms with Crippen LogP contribution in [0.15, 0.2) is 48.8 Å². The van der Waals surface area contributed by atoms with E-state index in [0.29, 0.717) is 12.5 Å². The average Bonchev–Trinajstić information content (AvgIpc) is 3.07. The van der Waals surface area contributed by atoms with Crippen molar-refractivity contribution in [1.29, 1.82) is 0 Å². The fourth-order valence-electron chi connectivity index (χ4n) is 3.45. The Labute approximate surface area is 141 Å². The molecule has 1 amide bonds. The number of para-hydroxylation sites is 1. The van der Waals surface area contributed by atoms with Crippen molar-refractivity contribution in [1.82, 2.24) is 9.88 Å². The van der Waals surface area contributed by atoms with Crippen LogP contribution in [0.2, 0.25) is 0 Å². The lowest BCUT2D eigenvalue weighted by Gasteiger charge is -2.34. The Hall–Kier alpha value is -2.56. The molecule has 0 radical (unpaired) electrons. The monoisotopic (exact) mass is 323 g/mol. The van der Waals surface area contributed by atoms with Gasteiger partial charge in [-0.3, -0.25) is 9.78 Å². The van der Waals surface area contributed by atoms with E-state index >= 15 is 0 Å². The van der Waals surface area contributed by atoms with Gasteiger partial charge in [0.05, 0.1) is 5.69 Å². The minimum atomic E-state index is -0.356. The van der Waals surface area contributed by atoms with E-state index in [-0.39, 0.29) is 12.0 Å². The SMILES string of the molecule is O=C([C@H]1Cc2ccccc2O1)N1CCC(Nc2cccnc2)CC1. The number of fused-ring (bicyclic) bond motifs is 1. The summed E-state index contributed by atoms with van der Waals surface area (Å²) in [6, 6.07) is 12.2. The highest BCUT2D eigenvalue weighted by atomic mass is 16.5. The van der Waals surface area contributed by atoms with Gasteiger partial charge in [-0.25, -0.2) is 0 Å². The normalized spacial score (nSPS) is 20.3. The van der Waals surface area contributed by atoms with Crippen LogP contribution in [-0.4, -0.2) is 41.0 Å². The van der Waals surface area contributed by atoms with E-state index in [1.807, 2.05) is 47.5 Å². The first-order chi connectivity index (χ1) is 11.8. The number of amides is 1. The molecule has 5 heteroatoms. The van der Waals surface area contributed by atoms with Crippen molar-refractivity contribution in [3.63, 3.8) is 0 Å². The van der Waals surface area contributed by atoms with Gasteiger partial charge in [0.2, 0.25) is 0 Å². The van der Waals surface area contributed by atoms with Crippen molar-refractivity contribution in [3.05, 3.63) is 54.4 Å². The molecule has 4 rings (SSSR count). The number of hydrogen-bond acceptors (Lipinski definition) is 4. The van der Waals surface area contributed by atoms with Gasteiger partial charge in [-0.15, -0.1) is 0 Å². The number of rotatable bonds is 3. The lowest BCUT2D eigenvalue weighted by atomic mass is 10.0. The zero-order valence-electron chi connectivity index (χ0n) is 13.5. The smallest absolute Gasteiger partial charge is 0.263 e. The minimum absolute atomic E-state index is 0.117. The first-order valence-electron chi connectivity index (χ1n) is 8.49. The van der Waals surface area contributed by atoms with Gasteiger partial charge in [-0.1, -0.05) is 18.2 Å². The molecule has 3 heterocycles. The van der Waals surface area contributed by atoms with Crippen molar-refractivity contribution in [3.8, 4) is 5.75 Å². The van der Waals surface area contributed by atoms with E-state index in [2.05, 4.69) is 10.3 Å². The second-order valence-corrected chi connectivity index (χ2v) is 6.40. The Morgan fingerprint density at radius 1 is 1.17 bits per heavy atom. The molecule has 0 aliphatic carbocycles. The number of carbonyl (C=O) groups is 1. The molecule has 1 saturated heterocycles. The molecule has 2 aromatic rings. The Morgan fingerprint density at radius 2 is 2.00 bits per heavy atom. The molecule has 2 aliphatic rings. The van der Waals surface area contributed by atoms with E-state index < -0.39 is 0 Å². The third kappa shape index (κ3) is 3.07. The zero-order valence-corrected chi connectivity index (χ0v) is 13.5. The summed E-state index contributed by atoms with van der Waals surface area (Å²) in [7, 11) is 0. The molecular formula is C19H21N3O2. The summed E-state index contributed by atoms with van der Waals surface area (Å²) in [6.45, 7) is 1.54. The van der Waals surface area contributed by atoms with Gasteiger partial charge in [0.1, 0.15) is 5.75 Å². The summed E-state index contributed by atoms with van der Waals surface area (Å²) in [4.78, 5) is 18.8. The first kappa shape index (κ1) is 15.0. The number of hydrogen-bond donors (Lipinski definition) is 1. The molecular weight excluding hydrogens is 302 g/mol. The third-order valence-corrected chi connectivity index (χ3v) is 4.76.